The number of carbonyl (C=O) groups excluding carboxylic acids is 2. The maximum Gasteiger partial charge on any atom is 0.408 e. The van der Waals surface area contributed by atoms with E-state index in [1.54, 1.807) is 26.8 Å². The summed E-state index contributed by atoms with van der Waals surface area (Å²) >= 11 is 3.16. The number of hydrogen-bond donors (Lipinski definition) is 1. The first-order chi connectivity index (χ1) is 10.1. The van der Waals surface area contributed by atoms with E-state index >= 15 is 0 Å². The normalized spacial score (nSPS) is 12.4. The van der Waals surface area contributed by atoms with E-state index < -0.39 is 22.7 Å². The molecule has 1 aromatic rings. The molecule has 0 heterocycles. The summed E-state index contributed by atoms with van der Waals surface area (Å²) in [6, 6.07) is 3.59. The van der Waals surface area contributed by atoms with Crippen molar-refractivity contribution in [1.82, 2.24) is 5.32 Å². The highest BCUT2D eigenvalue weighted by molar-refractivity contribution is 9.10. The second-order valence-corrected chi connectivity index (χ2v) is 6.48. The number of nitro benzene ring substituents is 1. The molecule has 7 nitrogen and oxygen atoms in total. The molecule has 0 aliphatic carbocycles. The molecule has 0 saturated heterocycles. The van der Waals surface area contributed by atoms with Gasteiger partial charge >= 0.3 is 6.09 Å². The van der Waals surface area contributed by atoms with Gasteiger partial charge in [0, 0.05) is 17.0 Å². The Morgan fingerprint density at radius 2 is 2.14 bits per heavy atom. The summed E-state index contributed by atoms with van der Waals surface area (Å²) in [5.74, 6) is 0. The summed E-state index contributed by atoms with van der Waals surface area (Å²) in [7, 11) is 0. The smallest absolute Gasteiger partial charge is 0.408 e. The van der Waals surface area contributed by atoms with Crippen molar-refractivity contribution in [3.8, 4) is 0 Å². The fourth-order valence-electron chi connectivity index (χ4n) is 1.78. The minimum atomic E-state index is -0.833. The first kappa shape index (κ1) is 18.1. The van der Waals surface area contributed by atoms with Crippen molar-refractivity contribution in [2.75, 3.05) is 0 Å². The average molecular weight is 373 g/mol. The first-order valence-electron chi connectivity index (χ1n) is 6.51. The molecule has 0 radical (unpaired) electrons. The summed E-state index contributed by atoms with van der Waals surface area (Å²) in [6.45, 7) is 5.09. The molecule has 1 amide bonds. The minimum absolute atomic E-state index is 0.0955. The molecule has 1 N–H and O–H groups in total. The van der Waals surface area contributed by atoms with Gasteiger partial charge in [0.1, 0.15) is 11.9 Å². The molecule has 0 spiro atoms. The van der Waals surface area contributed by atoms with Crippen LogP contribution < -0.4 is 5.32 Å². The van der Waals surface area contributed by atoms with E-state index in [0.29, 0.717) is 10.8 Å². The highest BCUT2D eigenvalue weighted by Gasteiger charge is 2.26. The number of amides is 1. The minimum Gasteiger partial charge on any atom is -0.444 e. The topological polar surface area (TPSA) is 98.5 Å². The molecule has 8 heteroatoms. The van der Waals surface area contributed by atoms with Crippen LogP contribution in [0.1, 0.15) is 38.8 Å². The molecule has 1 rings (SSSR count). The summed E-state index contributed by atoms with van der Waals surface area (Å²) in [4.78, 5) is 33.3. The zero-order valence-electron chi connectivity index (χ0n) is 12.5. The molecule has 0 saturated carbocycles. The predicted molar refractivity (Wildman–Crippen MR) is 83.6 cm³/mol. The Labute approximate surface area is 136 Å². The van der Waals surface area contributed by atoms with Gasteiger partial charge in [0.15, 0.2) is 0 Å². The zero-order valence-corrected chi connectivity index (χ0v) is 14.0. The molecule has 0 bridgehead atoms. The largest absolute Gasteiger partial charge is 0.444 e. The van der Waals surface area contributed by atoms with E-state index in [-0.39, 0.29) is 17.7 Å². The molecule has 22 heavy (non-hydrogen) atoms. The molecule has 1 atom stereocenters. The molecule has 1 aromatic carbocycles. The Hall–Kier alpha value is -1.96. The van der Waals surface area contributed by atoms with Gasteiger partial charge in [0.05, 0.1) is 16.5 Å². The lowest BCUT2D eigenvalue weighted by Gasteiger charge is -2.23. The number of nitro groups is 1. The van der Waals surface area contributed by atoms with Crippen molar-refractivity contribution < 1.29 is 19.2 Å². The first-order valence-corrected chi connectivity index (χ1v) is 7.30. The van der Waals surface area contributed by atoms with E-state index in [9.17, 15) is 19.7 Å². The van der Waals surface area contributed by atoms with Crippen LogP contribution in [0.2, 0.25) is 0 Å². The molecule has 0 fully saturated rings. The van der Waals surface area contributed by atoms with Gasteiger partial charge in [0.2, 0.25) is 0 Å². The maximum absolute atomic E-state index is 11.8. The lowest BCUT2D eigenvalue weighted by Crippen LogP contribution is -2.35. The summed E-state index contributed by atoms with van der Waals surface area (Å²) in [5, 5.41) is 13.6. The van der Waals surface area contributed by atoms with Gasteiger partial charge in [0.25, 0.3) is 5.69 Å². The van der Waals surface area contributed by atoms with E-state index in [4.69, 9.17) is 4.74 Å². The molecule has 0 aromatic heterocycles. The van der Waals surface area contributed by atoms with Crippen LogP contribution in [0.25, 0.3) is 0 Å². The van der Waals surface area contributed by atoms with Gasteiger partial charge in [-0.3, -0.25) is 10.1 Å². The van der Waals surface area contributed by atoms with E-state index in [2.05, 4.69) is 21.2 Å². The van der Waals surface area contributed by atoms with Crippen LogP contribution in [0, 0.1) is 10.1 Å². The molecular formula is C14H17BrN2O5. The lowest BCUT2D eigenvalue weighted by atomic mass is 10.0. The van der Waals surface area contributed by atoms with Crippen LogP contribution in [-0.2, 0) is 9.53 Å². The Balaban J connectivity index is 3.08. The number of alkyl carbamates (subject to hydrolysis) is 1. The van der Waals surface area contributed by atoms with Crippen LogP contribution in [-0.4, -0.2) is 22.9 Å². The number of ether oxygens (including phenoxy) is 1. The van der Waals surface area contributed by atoms with E-state index in [1.807, 2.05) is 0 Å². The fraction of sp³-hybridized carbons (Fsp3) is 0.429. The Kier molecular flexibility index (Phi) is 6.04. The number of aldehydes is 1. The van der Waals surface area contributed by atoms with Gasteiger partial charge in [-0.15, -0.1) is 0 Å². The zero-order chi connectivity index (χ0) is 16.9. The third-order valence-electron chi connectivity index (χ3n) is 2.59. The number of halogens is 1. The van der Waals surface area contributed by atoms with Gasteiger partial charge in [-0.1, -0.05) is 15.9 Å². The lowest BCUT2D eigenvalue weighted by molar-refractivity contribution is -0.385. The van der Waals surface area contributed by atoms with E-state index in [1.165, 1.54) is 12.1 Å². The van der Waals surface area contributed by atoms with Crippen LogP contribution in [0.15, 0.2) is 22.7 Å². The van der Waals surface area contributed by atoms with Crippen molar-refractivity contribution in [1.29, 1.82) is 0 Å². The Bertz CT molecular complexity index is 583. The van der Waals surface area contributed by atoms with Gasteiger partial charge in [-0.2, -0.15) is 0 Å². The van der Waals surface area contributed by atoms with Crippen molar-refractivity contribution in [2.45, 2.75) is 38.8 Å². The van der Waals surface area contributed by atoms with Crippen LogP contribution in [0.5, 0.6) is 0 Å². The number of rotatable bonds is 5. The molecule has 0 unspecified atom stereocenters. The van der Waals surface area contributed by atoms with Gasteiger partial charge in [-0.25, -0.2) is 4.79 Å². The highest BCUT2D eigenvalue weighted by Crippen LogP contribution is 2.30. The number of benzene rings is 1. The maximum atomic E-state index is 11.8. The van der Waals surface area contributed by atoms with Crippen molar-refractivity contribution in [2.24, 2.45) is 0 Å². The molecule has 0 aliphatic heterocycles. The SMILES string of the molecule is CC(C)(C)OC(=O)N[C@H](CC=O)c1ccc(Br)cc1[N+](=O)[O-]. The molecular weight excluding hydrogens is 356 g/mol. The third kappa shape index (κ3) is 5.44. The van der Waals surface area contributed by atoms with Crippen LogP contribution in [0.3, 0.4) is 0 Å². The van der Waals surface area contributed by atoms with E-state index in [0.717, 1.165) is 0 Å². The van der Waals surface area contributed by atoms with Crippen LogP contribution in [0.4, 0.5) is 10.5 Å². The summed E-state index contributed by atoms with van der Waals surface area (Å²) in [6.07, 6.45) is -0.244. The third-order valence-corrected chi connectivity index (χ3v) is 3.08. The van der Waals surface area contributed by atoms with Crippen molar-refractivity contribution in [3.63, 3.8) is 0 Å². The van der Waals surface area contributed by atoms with Crippen molar-refractivity contribution in [3.05, 3.63) is 38.3 Å². The standard InChI is InChI=1S/C14H17BrN2O5/c1-14(2,3)22-13(19)16-11(6-7-18)10-5-4-9(15)8-12(10)17(20)21/h4-5,7-8,11H,6H2,1-3H3,(H,16,19)/t11-/m1/s1. The van der Waals surface area contributed by atoms with Gasteiger partial charge in [-0.05, 0) is 32.9 Å². The van der Waals surface area contributed by atoms with Crippen LogP contribution >= 0.6 is 15.9 Å². The second-order valence-electron chi connectivity index (χ2n) is 5.56. The monoisotopic (exact) mass is 372 g/mol. The Morgan fingerprint density at radius 3 is 2.64 bits per heavy atom. The second kappa shape index (κ2) is 7.35. The Morgan fingerprint density at radius 1 is 1.50 bits per heavy atom. The van der Waals surface area contributed by atoms with Crippen molar-refractivity contribution >= 4 is 34.0 Å². The van der Waals surface area contributed by atoms with Gasteiger partial charge < -0.3 is 14.8 Å². The number of nitrogens with zero attached hydrogens (tertiary/aromatic N) is 1. The fourth-order valence-corrected chi connectivity index (χ4v) is 2.13. The summed E-state index contributed by atoms with van der Waals surface area (Å²) < 4.78 is 5.65. The highest BCUT2D eigenvalue weighted by atomic mass is 79.9. The number of hydrogen-bond acceptors (Lipinski definition) is 5. The number of nitrogens with one attached hydrogen (secondary N) is 1. The molecule has 0 aliphatic rings. The average Bonchev–Trinajstić information content (AvgIpc) is 2.35. The predicted octanol–water partition coefficient (Wildman–Crippen LogP) is 3.51. The summed E-state index contributed by atoms with van der Waals surface area (Å²) in [5.41, 5.74) is -0.648. The molecule has 120 valence electrons. The quantitative estimate of drug-likeness (QED) is 0.484. The number of carbonyl (C=O) groups is 2.